The van der Waals surface area contributed by atoms with Crippen molar-refractivity contribution in [3.8, 4) is 5.75 Å². The number of aryl methyl sites for hydroxylation is 1. The second-order valence-corrected chi connectivity index (χ2v) is 10.1. The van der Waals surface area contributed by atoms with E-state index in [1.807, 2.05) is 37.3 Å². The second kappa shape index (κ2) is 12.4. The summed E-state index contributed by atoms with van der Waals surface area (Å²) in [6, 6.07) is 19.9. The molecule has 2 aliphatic rings. The largest absolute Gasteiger partial charge is 0.507 e. The molecule has 0 saturated carbocycles. The van der Waals surface area contributed by atoms with E-state index in [1.54, 1.807) is 30.3 Å². The molecule has 0 spiro atoms. The van der Waals surface area contributed by atoms with Gasteiger partial charge in [0.1, 0.15) is 23.9 Å². The fourth-order valence-corrected chi connectivity index (χ4v) is 5.27. The Morgan fingerprint density at radius 1 is 1.00 bits per heavy atom. The highest BCUT2D eigenvalue weighted by molar-refractivity contribution is 6.46. The van der Waals surface area contributed by atoms with Gasteiger partial charge in [-0.05, 0) is 60.4 Å². The molecule has 5 rings (SSSR count). The number of ether oxygens (including phenoxy) is 2. The van der Waals surface area contributed by atoms with Crippen LogP contribution >= 0.6 is 0 Å². The number of Topliss-reactive ketones (excluding diaryl/α,β-unsaturated/α-hetero) is 1. The summed E-state index contributed by atoms with van der Waals surface area (Å²) >= 11 is 0. The van der Waals surface area contributed by atoms with Crippen molar-refractivity contribution in [2.45, 2.75) is 26.0 Å². The van der Waals surface area contributed by atoms with Crippen LogP contribution in [-0.4, -0.2) is 66.0 Å². The van der Waals surface area contributed by atoms with E-state index in [0.29, 0.717) is 55.2 Å². The molecule has 0 aromatic heterocycles. The third kappa shape index (κ3) is 6.08. The van der Waals surface area contributed by atoms with Gasteiger partial charge in [0.15, 0.2) is 0 Å². The van der Waals surface area contributed by atoms with Crippen LogP contribution in [0, 0.1) is 12.7 Å². The summed E-state index contributed by atoms with van der Waals surface area (Å²) in [5.41, 5.74) is 2.73. The van der Waals surface area contributed by atoms with E-state index in [0.717, 1.165) is 25.2 Å². The van der Waals surface area contributed by atoms with E-state index in [2.05, 4.69) is 4.90 Å². The van der Waals surface area contributed by atoms with Gasteiger partial charge in [-0.15, -0.1) is 0 Å². The van der Waals surface area contributed by atoms with Gasteiger partial charge in [0.05, 0.1) is 24.8 Å². The monoisotopic (exact) mass is 544 g/mol. The number of carbonyl (C=O) groups excluding carboxylic acids is 2. The maximum absolute atomic E-state index is 13.8. The summed E-state index contributed by atoms with van der Waals surface area (Å²) in [5.74, 6) is -1.47. The molecule has 1 N–H and O–H groups in total. The fourth-order valence-electron chi connectivity index (χ4n) is 5.27. The van der Waals surface area contributed by atoms with Crippen LogP contribution in [0.2, 0.25) is 0 Å². The summed E-state index contributed by atoms with van der Waals surface area (Å²) in [6.45, 7) is 6.29. The van der Waals surface area contributed by atoms with Gasteiger partial charge in [0.2, 0.25) is 0 Å². The van der Waals surface area contributed by atoms with Crippen molar-refractivity contribution in [3.63, 3.8) is 0 Å². The number of ketones is 1. The van der Waals surface area contributed by atoms with Crippen LogP contribution in [0.3, 0.4) is 0 Å². The highest BCUT2D eigenvalue weighted by Gasteiger charge is 2.46. The lowest BCUT2D eigenvalue weighted by atomic mass is 9.94. The van der Waals surface area contributed by atoms with Crippen LogP contribution in [0.15, 0.2) is 78.4 Å². The predicted octanol–water partition coefficient (Wildman–Crippen LogP) is 4.86. The van der Waals surface area contributed by atoms with Gasteiger partial charge >= 0.3 is 0 Å². The molecule has 2 heterocycles. The molecule has 0 unspecified atom stereocenters. The van der Waals surface area contributed by atoms with E-state index in [4.69, 9.17) is 9.47 Å². The standard InChI is InChI=1S/C32H33FN2O5/c1-22-20-26(40-21-23-6-3-2-4-7-23)12-13-27(22)30(36)28-29(24-8-10-25(33)11-9-24)35(32(38)31(28)37)15-5-14-34-16-18-39-19-17-34/h2-4,6-13,20,29,36H,5,14-19,21H2,1H3/t29-/m0/s1. The number of likely N-dealkylation sites (tertiary alicyclic amines) is 1. The molecule has 8 heteroatoms. The number of rotatable bonds is 9. The average Bonchev–Trinajstić information content (AvgIpc) is 3.22. The zero-order chi connectivity index (χ0) is 28.1. The zero-order valence-corrected chi connectivity index (χ0v) is 22.5. The number of aliphatic hydroxyl groups excluding tert-OH is 1. The smallest absolute Gasteiger partial charge is 0.295 e. The molecular formula is C32H33FN2O5. The van der Waals surface area contributed by atoms with Gasteiger partial charge in [0, 0.05) is 31.7 Å². The second-order valence-electron chi connectivity index (χ2n) is 10.1. The van der Waals surface area contributed by atoms with Crippen LogP contribution in [0.1, 0.15) is 34.7 Å². The molecule has 0 bridgehead atoms. The number of hydrogen-bond donors (Lipinski definition) is 1. The zero-order valence-electron chi connectivity index (χ0n) is 22.5. The van der Waals surface area contributed by atoms with Gasteiger partial charge in [-0.25, -0.2) is 4.39 Å². The van der Waals surface area contributed by atoms with Gasteiger partial charge < -0.3 is 19.5 Å². The van der Waals surface area contributed by atoms with Crippen LogP contribution in [-0.2, 0) is 20.9 Å². The number of morpholine rings is 1. The molecule has 1 amide bonds. The van der Waals surface area contributed by atoms with E-state index in [9.17, 15) is 19.1 Å². The normalized spacial score (nSPS) is 19.2. The molecule has 2 saturated heterocycles. The summed E-state index contributed by atoms with van der Waals surface area (Å²) < 4.78 is 25.1. The van der Waals surface area contributed by atoms with Crippen molar-refractivity contribution in [1.82, 2.24) is 9.80 Å². The number of benzene rings is 3. The molecule has 2 aliphatic heterocycles. The van der Waals surface area contributed by atoms with Crippen LogP contribution in [0.25, 0.3) is 5.76 Å². The minimum atomic E-state index is -0.821. The Morgan fingerprint density at radius 2 is 1.73 bits per heavy atom. The Morgan fingerprint density at radius 3 is 2.42 bits per heavy atom. The van der Waals surface area contributed by atoms with Gasteiger partial charge in [-0.3, -0.25) is 14.5 Å². The van der Waals surface area contributed by atoms with Crippen molar-refractivity contribution < 1.29 is 28.6 Å². The quantitative estimate of drug-likeness (QED) is 0.236. The number of hydrogen-bond acceptors (Lipinski definition) is 6. The summed E-state index contributed by atoms with van der Waals surface area (Å²) in [7, 11) is 0. The van der Waals surface area contributed by atoms with Crippen molar-refractivity contribution in [2.24, 2.45) is 0 Å². The molecule has 0 radical (unpaired) electrons. The van der Waals surface area contributed by atoms with Crippen molar-refractivity contribution in [2.75, 3.05) is 39.4 Å². The first-order valence-corrected chi connectivity index (χ1v) is 13.5. The first kappa shape index (κ1) is 27.6. The first-order chi connectivity index (χ1) is 19.4. The summed E-state index contributed by atoms with van der Waals surface area (Å²) in [5, 5.41) is 11.5. The van der Waals surface area contributed by atoms with Gasteiger partial charge in [0.25, 0.3) is 11.7 Å². The minimum Gasteiger partial charge on any atom is -0.507 e. The molecule has 208 valence electrons. The molecule has 0 aliphatic carbocycles. The SMILES string of the molecule is Cc1cc(OCc2ccccc2)ccc1C(O)=C1C(=O)C(=O)N(CCCN2CCOCC2)[C@H]1c1ccc(F)cc1. The Bertz CT molecular complexity index is 1380. The summed E-state index contributed by atoms with van der Waals surface area (Å²) in [6.07, 6.45) is 0.650. The Labute approximate surface area is 233 Å². The highest BCUT2D eigenvalue weighted by atomic mass is 19.1. The van der Waals surface area contributed by atoms with Crippen molar-refractivity contribution in [1.29, 1.82) is 0 Å². The highest BCUT2D eigenvalue weighted by Crippen LogP contribution is 2.40. The van der Waals surface area contributed by atoms with Gasteiger partial charge in [-0.2, -0.15) is 0 Å². The Kier molecular flexibility index (Phi) is 8.57. The Hall–Kier alpha value is -4.01. The lowest BCUT2D eigenvalue weighted by molar-refractivity contribution is -0.140. The first-order valence-electron chi connectivity index (χ1n) is 13.5. The average molecular weight is 545 g/mol. The Balaban J connectivity index is 1.42. The lowest BCUT2D eigenvalue weighted by Gasteiger charge is -2.29. The lowest BCUT2D eigenvalue weighted by Crippen LogP contribution is -2.38. The fraction of sp³-hybridized carbons (Fsp3) is 0.312. The number of halogens is 1. The number of amides is 1. The molecule has 7 nitrogen and oxygen atoms in total. The van der Waals surface area contributed by atoms with E-state index in [-0.39, 0.29) is 11.3 Å². The van der Waals surface area contributed by atoms with E-state index in [1.165, 1.54) is 17.0 Å². The molecule has 1 atom stereocenters. The third-order valence-electron chi connectivity index (χ3n) is 7.40. The maximum Gasteiger partial charge on any atom is 0.295 e. The van der Waals surface area contributed by atoms with E-state index < -0.39 is 23.5 Å². The third-order valence-corrected chi connectivity index (χ3v) is 7.40. The number of carbonyl (C=O) groups is 2. The molecule has 2 fully saturated rings. The minimum absolute atomic E-state index is 0.00374. The molecule has 3 aromatic carbocycles. The number of nitrogens with zero attached hydrogens (tertiary/aromatic N) is 2. The topological polar surface area (TPSA) is 79.3 Å². The van der Waals surface area contributed by atoms with Crippen molar-refractivity contribution in [3.05, 3.63) is 106 Å². The van der Waals surface area contributed by atoms with E-state index >= 15 is 0 Å². The number of aliphatic hydroxyl groups is 1. The van der Waals surface area contributed by atoms with Gasteiger partial charge in [-0.1, -0.05) is 42.5 Å². The van der Waals surface area contributed by atoms with Crippen LogP contribution in [0.4, 0.5) is 4.39 Å². The van der Waals surface area contributed by atoms with Crippen molar-refractivity contribution >= 4 is 17.4 Å². The molecular weight excluding hydrogens is 511 g/mol. The van der Waals surface area contributed by atoms with Crippen LogP contribution in [0.5, 0.6) is 5.75 Å². The predicted molar refractivity (Wildman–Crippen MR) is 149 cm³/mol. The summed E-state index contributed by atoms with van der Waals surface area (Å²) in [4.78, 5) is 30.4. The van der Waals surface area contributed by atoms with Crippen LogP contribution < -0.4 is 4.74 Å². The molecule has 40 heavy (non-hydrogen) atoms. The molecule has 3 aromatic rings. The maximum atomic E-state index is 13.8.